The molecule has 2 rings (SSSR count). The monoisotopic (exact) mass is 503 g/mol. The van der Waals surface area contributed by atoms with Crippen molar-refractivity contribution in [3.05, 3.63) is 36.4 Å². The van der Waals surface area contributed by atoms with Crippen LogP contribution in [0.15, 0.2) is 41.4 Å². The van der Waals surface area contributed by atoms with Gasteiger partial charge in [-0.15, -0.1) is 24.0 Å². The normalized spacial score (nSPS) is 10.5. The fourth-order valence-electron chi connectivity index (χ4n) is 2.30. The van der Waals surface area contributed by atoms with Crippen molar-refractivity contribution >= 4 is 35.6 Å². The van der Waals surface area contributed by atoms with Crippen molar-refractivity contribution in [3.8, 4) is 28.7 Å². The van der Waals surface area contributed by atoms with Gasteiger partial charge in [0, 0.05) is 30.0 Å². The summed E-state index contributed by atoms with van der Waals surface area (Å²) in [5, 5.41) is 3.00. The lowest BCUT2D eigenvalue weighted by Gasteiger charge is -2.11. The second kappa shape index (κ2) is 12.0. The Kier molecular flexibility index (Phi) is 10.1. The largest absolute Gasteiger partial charge is 0.496 e. The molecule has 0 saturated heterocycles. The van der Waals surface area contributed by atoms with Gasteiger partial charge >= 0.3 is 0 Å². The smallest absolute Gasteiger partial charge is 0.193 e. The Hall–Kier alpha value is -2.56. The quantitative estimate of drug-likeness (QED) is 0.235. The minimum atomic E-state index is 0. The summed E-state index contributed by atoms with van der Waals surface area (Å²) in [7, 11) is 6.33. The van der Waals surface area contributed by atoms with E-state index in [2.05, 4.69) is 10.3 Å². The van der Waals surface area contributed by atoms with Gasteiger partial charge in [0.1, 0.15) is 23.9 Å². The van der Waals surface area contributed by atoms with Crippen LogP contribution in [0.5, 0.6) is 28.7 Å². The number of anilines is 1. The SMILES string of the molecule is COc1cc(OC)cc(OCCN=C(N)Nc2ccc(OC)c(OC)c2)c1.I. The lowest BCUT2D eigenvalue weighted by molar-refractivity contribution is 0.321. The molecule has 0 saturated carbocycles. The maximum Gasteiger partial charge on any atom is 0.193 e. The number of hydrogen-bond acceptors (Lipinski definition) is 6. The van der Waals surface area contributed by atoms with E-state index in [-0.39, 0.29) is 29.9 Å². The van der Waals surface area contributed by atoms with Crippen LogP contribution in [0.3, 0.4) is 0 Å². The van der Waals surface area contributed by atoms with Crippen LogP contribution in [-0.4, -0.2) is 47.6 Å². The number of benzene rings is 2. The average Bonchev–Trinajstić information content (AvgIpc) is 2.70. The number of halogens is 1. The van der Waals surface area contributed by atoms with Gasteiger partial charge in [-0.25, -0.2) is 4.99 Å². The van der Waals surface area contributed by atoms with Gasteiger partial charge < -0.3 is 34.7 Å². The summed E-state index contributed by atoms with van der Waals surface area (Å²) >= 11 is 0. The molecule has 2 aromatic rings. The van der Waals surface area contributed by atoms with Gasteiger partial charge in [-0.05, 0) is 12.1 Å². The molecule has 3 N–H and O–H groups in total. The Labute approximate surface area is 182 Å². The summed E-state index contributed by atoms with van der Waals surface area (Å²) in [4.78, 5) is 4.24. The molecule has 0 aromatic heterocycles. The third-order valence-electron chi connectivity index (χ3n) is 3.62. The van der Waals surface area contributed by atoms with Crippen LogP contribution in [0.25, 0.3) is 0 Å². The van der Waals surface area contributed by atoms with Crippen LogP contribution in [0.4, 0.5) is 5.69 Å². The molecule has 0 aliphatic carbocycles. The number of guanidine groups is 1. The Morgan fingerprint density at radius 1 is 0.857 bits per heavy atom. The van der Waals surface area contributed by atoms with Crippen molar-refractivity contribution in [2.24, 2.45) is 10.7 Å². The zero-order valence-corrected chi connectivity index (χ0v) is 18.7. The molecular formula is C19H26IN3O5. The molecule has 0 aliphatic rings. The van der Waals surface area contributed by atoms with Gasteiger partial charge in [-0.2, -0.15) is 0 Å². The molecule has 0 fully saturated rings. The maximum absolute atomic E-state index is 5.91. The lowest BCUT2D eigenvalue weighted by Crippen LogP contribution is -2.23. The standard InChI is InChI=1S/C19H25N3O5.HI/c1-23-14-10-15(24-2)12-16(11-14)27-8-7-21-19(20)22-13-5-6-17(25-3)18(9-13)26-4;/h5-6,9-12H,7-8H2,1-4H3,(H3,20,21,22);1H. The first kappa shape index (κ1) is 23.5. The van der Waals surface area contributed by atoms with Crippen molar-refractivity contribution in [1.82, 2.24) is 0 Å². The molecule has 0 aliphatic heterocycles. The summed E-state index contributed by atoms with van der Waals surface area (Å²) in [6.07, 6.45) is 0. The molecule has 0 unspecified atom stereocenters. The van der Waals surface area contributed by atoms with E-state index in [1.807, 2.05) is 6.07 Å². The number of ether oxygens (including phenoxy) is 5. The molecule has 0 heterocycles. The van der Waals surface area contributed by atoms with E-state index < -0.39 is 0 Å². The molecule has 0 atom stereocenters. The maximum atomic E-state index is 5.91. The average molecular weight is 503 g/mol. The summed E-state index contributed by atoms with van der Waals surface area (Å²) in [6.45, 7) is 0.732. The first-order valence-electron chi connectivity index (χ1n) is 8.24. The zero-order chi connectivity index (χ0) is 19.6. The highest BCUT2D eigenvalue weighted by Gasteiger charge is 2.05. The van der Waals surface area contributed by atoms with E-state index in [4.69, 9.17) is 29.4 Å². The van der Waals surface area contributed by atoms with Gasteiger partial charge in [-0.1, -0.05) is 0 Å². The number of nitrogens with one attached hydrogen (secondary N) is 1. The Bertz CT molecular complexity index is 764. The molecule has 0 spiro atoms. The van der Waals surface area contributed by atoms with E-state index in [1.165, 1.54) is 0 Å². The molecule has 0 amide bonds. The highest BCUT2D eigenvalue weighted by Crippen LogP contribution is 2.29. The van der Waals surface area contributed by atoms with Crippen molar-refractivity contribution < 1.29 is 23.7 Å². The number of rotatable bonds is 9. The molecule has 2 aromatic carbocycles. The number of methoxy groups -OCH3 is 4. The van der Waals surface area contributed by atoms with Crippen molar-refractivity contribution in [1.29, 1.82) is 0 Å². The summed E-state index contributed by atoms with van der Waals surface area (Å²) < 4.78 is 26.5. The summed E-state index contributed by atoms with van der Waals surface area (Å²) in [5.41, 5.74) is 6.65. The van der Waals surface area contributed by atoms with Gasteiger partial charge in [0.15, 0.2) is 17.5 Å². The Morgan fingerprint density at radius 3 is 2.04 bits per heavy atom. The second-order valence-electron chi connectivity index (χ2n) is 5.36. The summed E-state index contributed by atoms with van der Waals surface area (Å²) in [5.74, 6) is 3.46. The zero-order valence-electron chi connectivity index (χ0n) is 16.4. The highest BCUT2D eigenvalue weighted by molar-refractivity contribution is 14.0. The summed E-state index contributed by atoms with van der Waals surface area (Å²) in [6, 6.07) is 10.7. The van der Waals surface area contributed by atoms with E-state index >= 15 is 0 Å². The number of nitrogens with zero attached hydrogens (tertiary/aromatic N) is 1. The fraction of sp³-hybridized carbons (Fsp3) is 0.316. The van der Waals surface area contributed by atoms with Crippen LogP contribution in [0.2, 0.25) is 0 Å². The molecule has 9 heteroatoms. The number of nitrogens with two attached hydrogens (primary N) is 1. The van der Waals surface area contributed by atoms with Crippen LogP contribution in [0, 0.1) is 0 Å². The highest BCUT2D eigenvalue weighted by atomic mass is 127. The van der Waals surface area contributed by atoms with Crippen molar-refractivity contribution in [2.45, 2.75) is 0 Å². The predicted molar refractivity (Wildman–Crippen MR) is 120 cm³/mol. The second-order valence-corrected chi connectivity index (χ2v) is 5.36. The van der Waals surface area contributed by atoms with E-state index in [0.29, 0.717) is 41.9 Å². The predicted octanol–water partition coefficient (Wildman–Crippen LogP) is 3.14. The third kappa shape index (κ3) is 6.87. The van der Waals surface area contributed by atoms with E-state index in [1.54, 1.807) is 58.8 Å². The van der Waals surface area contributed by atoms with Crippen LogP contribution >= 0.6 is 24.0 Å². The lowest BCUT2D eigenvalue weighted by atomic mass is 10.3. The Balaban J connectivity index is 0.00000392. The van der Waals surface area contributed by atoms with Crippen molar-refractivity contribution in [3.63, 3.8) is 0 Å². The first-order chi connectivity index (χ1) is 13.1. The van der Waals surface area contributed by atoms with Gasteiger partial charge in [-0.3, -0.25) is 0 Å². The Morgan fingerprint density at radius 2 is 1.46 bits per heavy atom. The molecule has 28 heavy (non-hydrogen) atoms. The topological polar surface area (TPSA) is 96.6 Å². The van der Waals surface area contributed by atoms with Gasteiger partial charge in [0.25, 0.3) is 0 Å². The third-order valence-corrected chi connectivity index (χ3v) is 3.62. The molecule has 0 bridgehead atoms. The number of hydrogen-bond donors (Lipinski definition) is 2. The first-order valence-corrected chi connectivity index (χ1v) is 8.24. The molecule has 8 nitrogen and oxygen atoms in total. The minimum absolute atomic E-state index is 0. The van der Waals surface area contributed by atoms with E-state index in [0.717, 1.165) is 5.69 Å². The van der Waals surface area contributed by atoms with Crippen LogP contribution in [-0.2, 0) is 0 Å². The minimum Gasteiger partial charge on any atom is -0.496 e. The van der Waals surface area contributed by atoms with E-state index in [9.17, 15) is 0 Å². The van der Waals surface area contributed by atoms with Crippen molar-refractivity contribution in [2.75, 3.05) is 46.9 Å². The molecular weight excluding hydrogens is 477 g/mol. The molecule has 154 valence electrons. The fourth-order valence-corrected chi connectivity index (χ4v) is 2.30. The molecule has 0 radical (unpaired) electrons. The van der Waals surface area contributed by atoms with Gasteiger partial charge in [0.05, 0.1) is 35.0 Å². The van der Waals surface area contributed by atoms with Gasteiger partial charge in [0.2, 0.25) is 0 Å². The van der Waals surface area contributed by atoms with Crippen LogP contribution < -0.4 is 34.7 Å². The number of aliphatic imine (C=N–C) groups is 1. The van der Waals surface area contributed by atoms with Crippen LogP contribution in [0.1, 0.15) is 0 Å².